The van der Waals surface area contributed by atoms with Gasteiger partial charge in [0.1, 0.15) is 6.61 Å². The quantitative estimate of drug-likeness (QED) is 0.447. The molecule has 0 radical (unpaired) electrons. The average Bonchev–Trinajstić information content (AvgIpc) is 2.49. The van der Waals surface area contributed by atoms with Crippen molar-refractivity contribution in [2.75, 3.05) is 6.61 Å². The van der Waals surface area contributed by atoms with E-state index in [0.29, 0.717) is 0 Å². The van der Waals surface area contributed by atoms with E-state index >= 15 is 0 Å². The second-order valence-corrected chi connectivity index (χ2v) is 7.02. The summed E-state index contributed by atoms with van der Waals surface area (Å²) in [6.45, 7) is 5.55. The fourth-order valence-corrected chi connectivity index (χ4v) is 3.86. The predicted molar refractivity (Wildman–Crippen MR) is 90.2 cm³/mol. The van der Waals surface area contributed by atoms with Gasteiger partial charge in [-0.25, -0.2) is 0 Å². The lowest BCUT2D eigenvalue weighted by Crippen LogP contribution is -2.59. The first-order chi connectivity index (χ1) is 12.5. The molecule has 0 amide bonds. The zero-order valence-corrected chi connectivity index (χ0v) is 16.4. The Balaban J connectivity index is 3.29. The summed E-state index contributed by atoms with van der Waals surface area (Å²) in [4.78, 5) is 57.2. The van der Waals surface area contributed by atoms with Crippen LogP contribution in [0.1, 0.15) is 34.6 Å². The molecule has 0 saturated carbocycles. The number of thioether (sulfide) groups is 1. The zero-order chi connectivity index (χ0) is 20.7. The van der Waals surface area contributed by atoms with Gasteiger partial charge in [-0.3, -0.25) is 24.0 Å². The van der Waals surface area contributed by atoms with Gasteiger partial charge < -0.3 is 23.7 Å². The van der Waals surface area contributed by atoms with Gasteiger partial charge in [0.05, 0.1) is 5.25 Å². The van der Waals surface area contributed by atoms with Crippen LogP contribution in [0.5, 0.6) is 0 Å². The topological polar surface area (TPSA) is 132 Å². The molecule has 1 aliphatic heterocycles. The predicted octanol–water partition coefficient (Wildman–Crippen LogP) is 0.349. The summed E-state index contributed by atoms with van der Waals surface area (Å²) in [7, 11) is 0. The summed E-state index contributed by atoms with van der Waals surface area (Å²) in [5.41, 5.74) is -1.07. The van der Waals surface area contributed by atoms with Gasteiger partial charge in [-0.05, 0) is 0 Å². The summed E-state index contributed by atoms with van der Waals surface area (Å²) >= 11 is 0.967. The van der Waals surface area contributed by atoms with Gasteiger partial charge in [-0.2, -0.15) is 0 Å². The highest BCUT2D eigenvalue weighted by molar-refractivity contribution is 8.00. The second-order valence-electron chi connectivity index (χ2n) is 5.68. The smallest absolute Gasteiger partial charge is 0.303 e. The number of carbonyl (C=O) groups is 5. The van der Waals surface area contributed by atoms with Crippen molar-refractivity contribution in [3.63, 3.8) is 0 Å². The Morgan fingerprint density at radius 3 is 1.52 bits per heavy atom. The lowest BCUT2D eigenvalue weighted by Gasteiger charge is -2.43. The Morgan fingerprint density at radius 2 is 1.07 bits per heavy atom. The molecule has 0 aliphatic carbocycles. The fourth-order valence-electron chi connectivity index (χ4n) is 2.45. The van der Waals surface area contributed by atoms with Gasteiger partial charge in [0, 0.05) is 34.6 Å². The van der Waals surface area contributed by atoms with Crippen LogP contribution in [0.2, 0.25) is 0 Å². The van der Waals surface area contributed by atoms with Crippen molar-refractivity contribution >= 4 is 41.6 Å². The maximum absolute atomic E-state index is 11.6. The number of rotatable bonds is 6. The van der Waals surface area contributed by atoms with Crippen molar-refractivity contribution in [3.8, 4) is 0 Å². The molecular weight excluding hydrogens is 384 g/mol. The molecule has 1 rings (SSSR count). The van der Waals surface area contributed by atoms with Crippen molar-refractivity contribution in [2.24, 2.45) is 0 Å². The maximum atomic E-state index is 11.6. The third-order valence-corrected chi connectivity index (χ3v) is 4.62. The molecule has 1 heterocycles. The van der Waals surface area contributed by atoms with Crippen molar-refractivity contribution in [1.29, 1.82) is 0 Å². The van der Waals surface area contributed by atoms with E-state index in [4.69, 9.17) is 23.7 Å². The van der Waals surface area contributed by atoms with Crippen molar-refractivity contribution in [2.45, 2.75) is 63.6 Å². The number of carbonyl (C=O) groups excluding carboxylic acids is 5. The number of hydrogen-bond donors (Lipinski definition) is 0. The Bertz CT molecular complexity index is 604. The molecule has 0 unspecified atom stereocenters. The normalized spacial score (nSPS) is 27.1. The van der Waals surface area contributed by atoms with E-state index in [9.17, 15) is 24.0 Å². The van der Waals surface area contributed by atoms with Crippen LogP contribution in [0.25, 0.3) is 0 Å². The molecule has 0 aromatic heterocycles. The summed E-state index contributed by atoms with van der Waals surface area (Å²) in [6, 6.07) is 0. The lowest BCUT2D eigenvalue weighted by molar-refractivity contribution is -0.195. The molecule has 0 N–H and O–H groups in total. The van der Waals surface area contributed by atoms with Gasteiger partial charge >= 0.3 is 29.8 Å². The molecule has 10 nitrogen and oxygen atoms in total. The van der Waals surface area contributed by atoms with E-state index in [0.717, 1.165) is 39.5 Å². The molecule has 0 spiro atoms. The minimum atomic E-state index is -1.26. The highest BCUT2D eigenvalue weighted by atomic mass is 32.2. The first-order valence-electron chi connectivity index (χ1n) is 7.99. The molecule has 0 aromatic rings. The molecule has 11 heteroatoms. The van der Waals surface area contributed by atoms with Crippen LogP contribution in [0.15, 0.2) is 0 Å². The van der Waals surface area contributed by atoms with Crippen LogP contribution in [0.3, 0.4) is 0 Å². The van der Waals surface area contributed by atoms with E-state index in [2.05, 4.69) is 0 Å². The van der Waals surface area contributed by atoms with Gasteiger partial charge in [0.2, 0.25) is 0 Å². The van der Waals surface area contributed by atoms with E-state index in [1.807, 2.05) is 0 Å². The third kappa shape index (κ3) is 7.45. The summed E-state index contributed by atoms with van der Waals surface area (Å²) in [5.74, 6) is -3.36. The van der Waals surface area contributed by atoms with E-state index in [1.165, 1.54) is 6.92 Å². The molecule has 1 fully saturated rings. The minimum absolute atomic E-state index is 0.208. The molecular formula is C16H22O10S. The second kappa shape index (κ2) is 10.1. The maximum Gasteiger partial charge on any atom is 0.303 e. The Labute approximate surface area is 160 Å². The summed E-state index contributed by atoms with van der Waals surface area (Å²) < 4.78 is 25.8. The Hall–Kier alpha value is -2.30. The van der Waals surface area contributed by atoms with Crippen molar-refractivity contribution in [3.05, 3.63) is 0 Å². The molecule has 0 bridgehead atoms. The van der Waals surface area contributed by atoms with Crippen LogP contribution in [0, 0.1) is 0 Å². The van der Waals surface area contributed by atoms with Crippen molar-refractivity contribution in [1.82, 2.24) is 0 Å². The van der Waals surface area contributed by atoms with Gasteiger partial charge in [-0.15, -0.1) is 11.8 Å². The molecule has 152 valence electrons. The minimum Gasteiger partial charge on any atom is -0.465 e. The van der Waals surface area contributed by atoms with Crippen molar-refractivity contribution < 1.29 is 47.7 Å². The fraction of sp³-hybridized carbons (Fsp3) is 0.688. The molecule has 5 atom stereocenters. The SMILES string of the molecule is CC(=O)OC[C@@H]1S[C@H](OC(C)=O)[C@H](OC(C)=O)[C@@H](OC(C)=O)[C@@H]1OC(C)=O. The summed E-state index contributed by atoms with van der Waals surface area (Å²) in [5, 5.41) is -0.738. The van der Waals surface area contributed by atoms with Gasteiger partial charge in [-0.1, -0.05) is 0 Å². The van der Waals surface area contributed by atoms with E-state index in [-0.39, 0.29) is 6.61 Å². The lowest BCUT2D eigenvalue weighted by atomic mass is 10.0. The molecule has 27 heavy (non-hydrogen) atoms. The largest absolute Gasteiger partial charge is 0.465 e. The summed E-state index contributed by atoms with van der Waals surface area (Å²) in [6.07, 6.45) is -3.59. The Morgan fingerprint density at radius 1 is 0.630 bits per heavy atom. The van der Waals surface area contributed by atoms with Crippen LogP contribution in [0.4, 0.5) is 0 Å². The Kier molecular flexibility index (Phi) is 8.54. The first-order valence-corrected chi connectivity index (χ1v) is 8.93. The van der Waals surface area contributed by atoms with Crippen LogP contribution in [-0.4, -0.2) is 65.5 Å². The average molecular weight is 406 g/mol. The standard InChI is InChI=1S/C16H22O10S/c1-7(17)22-6-12-13(23-8(2)18)14(24-9(3)19)15(25-10(4)20)16(27-12)26-11(5)21/h12-16H,6H2,1-5H3/t12-,13+,14-,15+,16-/m0/s1. The zero-order valence-electron chi connectivity index (χ0n) is 15.6. The monoisotopic (exact) mass is 406 g/mol. The van der Waals surface area contributed by atoms with Gasteiger partial charge in [0.15, 0.2) is 23.7 Å². The van der Waals surface area contributed by atoms with Crippen LogP contribution >= 0.6 is 11.8 Å². The number of ether oxygens (including phenoxy) is 5. The van der Waals surface area contributed by atoms with Crippen LogP contribution < -0.4 is 0 Å². The van der Waals surface area contributed by atoms with E-state index < -0.39 is 58.8 Å². The molecule has 0 aromatic carbocycles. The third-order valence-electron chi connectivity index (χ3n) is 3.23. The highest BCUT2D eigenvalue weighted by Crippen LogP contribution is 2.38. The first kappa shape index (κ1) is 22.7. The molecule has 1 saturated heterocycles. The van der Waals surface area contributed by atoms with Gasteiger partial charge in [0.25, 0.3) is 0 Å². The molecule has 1 aliphatic rings. The van der Waals surface area contributed by atoms with Crippen LogP contribution in [-0.2, 0) is 47.7 Å². The number of hydrogen-bond acceptors (Lipinski definition) is 11. The number of esters is 5. The van der Waals surface area contributed by atoms with E-state index in [1.54, 1.807) is 0 Å². The highest BCUT2D eigenvalue weighted by Gasteiger charge is 2.53.